The van der Waals surface area contributed by atoms with Crippen molar-refractivity contribution in [2.75, 3.05) is 25.5 Å². The maximum atomic E-state index is 12.6. The summed E-state index contributed by atoms with van der Waals surface area (Å²) in [5.41, 5.74) is 1.11. The second kappa shape index (κ2) is 7.84. The van der Waals surface area contributed by atoms with Crippen LogP contribution in [-0.4, -0.2) is 32.9 Å². The first-order valence-corrected chi connectivity index (χ1v) is 9.92. The zero-order chi connectivity index (χ0) is 17.7. The molecular weight excluding hydrogens is 338 g/mol. The van der Waals surface area contributed by atoms with Crippen molar-refractivity contribution in [2.24, 2.45) is 0 Å². The average Bonchev–Trinajstić information content (AvgIpc) is 2.68. The highest BCUT2D eigenvalue weighted by Gasteiger charge is 2.26. The molecular formula is C18H24N3O3S+. The maximum Gasteiger partial charge on any atom is 0.272 e. The van der Waals surface area contributed by atoms with E-state index in [4.69, 9.17) is 4.74 Å². The van der Waals surface area contributed by atoms with E-state index in [2.05, 4.69) is 10.3 Å². The lowest BCUT2D eigenvalue weighted by molar-refractivity contribution is -0.364. The largest absolute Gasteiger partial charge is 0.497 e. The Balaban J connectivity index is 1.63. The Kier molecular flexibility index (Phi) is 5.55. The second-order valence-corrected chi connectivity index (χ2v) is 8.04. The van der Waals surface area contributed by atoms with Gasteiger partial charge >= 0.3 is 0 Å². The van der Waals surface area contributed by atoms with Gasteiger partial charge in [-0.3, -0.25) is 5.32 Å². The monoisotopic (exact) mass is 362 g/mol. The zero-order valence-corrected chi connectivity index (χ0v) is 15.2. The van der Waals surface area contributed by atoms with Crippen LogP contribution in [0, 0.1) is 0 Å². The number of nitrogens with zero attached hydrogens (tertiary/aromatic N) is 1. The van der Waals surface area contributed by atoms with E-state index in [9.17, 15) is 8.42 Å². The molecule has 1 aromatic carbocycles. The van der Waals surface area contributed by atoms with Crippen molar-refractivity contribution in [3.63, 3.8) is 0 Å². The summed E-state index contributed by atoms with van der Waals surface area (Å²) in [7, 11) is -1.75. The van der Waals surface area contributed by atoms with Gasteiger partial charge < -0.3 is 4.74 Å². The molecule has 2 N–H and O–H groups in total. The molecule has 1 saturated heterocycles. The molecule has 7 heteroatoms. The number of methoxy groups -OCH3 is 1. The van der Waals surface area contributed by atoms with Crippen LogP contribution in [0.3, 0.4) is 0 Å². The summed E-state index contributed by atoms with van der Waals surface area (Å²) < 4.78 is 31.9. The van der Waals surface area contributed by atoms with Gasteiger partial charge in [0.25, 0.3) is 5.82 Å². The third-order valence-electron chi connectivity index (χ3n) is 4.38. The Morgan fingerprint density at radius 3 is 2.40 bits per heavy atom. The van der Waals surface area contributed by atoms with E-state index in [1.54, 1.807) is 29.7 Å². The molecule has 0 amide bonds. The minimum atomic E-state index is -3.39. The van der Waals surface area contributed by atoms with Gasteiger partial charge in [0, 0.05) is 19.2 Å². The molecule has 0 unspecified atom stereocenters. The first kappa shape index (κ1) is 17.7. The van der Waals surface area contributed by atoms with E-state index in [1.165, 1.54) is 0 Å². The van der Waals surface area contributed by atoms with E-state index in [1.807, 2.05) is 24.3 Å². The minimum Gasteiger partial charge on any atom is -0.497 e. The van der Waals surface area contributed by atoms with Crippen molar-refractivity contribution in [3.8, 4) is 5.75 Å². The minimum absolute atomic E-state index is 0.310. The lowest BCUT2D eigenvalue weighted by Crippen LogP contribution is -2.36. The van der Waals surface area contributed by atoms with Crippen LogP contribution >= 0.6 is 0 Å². The number of rotatable bonds is 6. The van der Waals surface area contributed by atoms with Gasteiger partial charge in [-0.15, -0.1) is 0 Å². The first-order chi connectivity index (χ1) is 12.1. The van der Waals surface area contributed by atoms with Crippen LogP contribution in [0.2, 0.25) is 0 Å². The number of pyridine rings is 1. The van der Waals surface area contributed by atoms with Crippen molar-refractivity contribution >= 4 is 15.8 Å². The van der Waals surface area contributed by atoms with Crippen molar-refractivity contribution in [1.82, 2.24) is 4.31 Å². The van der Waals surface area contributed by atoms with Crippen LogP contribution in [0.25, 0.3) is 0 Å². The van der Waals surface area contributed by atoms with Gasteiger partial charge in [0.15, 0.2) is 0 Å². The van der Waals surface area contributed by atoms with Gasteiger partial charge in [-0.25, -0.2) is 13.4 Å². The Hall–Kier alpha value is -2.12. The smallest absolute Gasteiger partial charge is 0.272 e. The normalized spacial score (nSPS) is 15.7. The summed E-state index contributed by atoms with van der Waals surface area (Å²) in [6.45, 7) is 1.86. The van der Waals surface area contributed by atoms with Gasteiger partial charge in [-0.1, -0.05) is 18.6 Å². The zero-order valence-electron chi connectivity index (χ0n) is 14.4. The summed E-state index contributed by atoms with van der Waals surface area (Å²) >= 11 is 0. The predicted molar refractivity (Wildman–Crippen MR) is 95.9 cm³/mol. The molecule has 25 heavy (non-hydrogen) atoms. The Morgan fingerprint density at radius 2 is 1.80 bits per heavy atom. The van der Waals surface area contributed by atoms with Crippen LogP contribution in [0.1, 0.15) is 24.8 Å². The second-order valence-electron chi connectivity index (χ2n) is 6.10. The molecule has 0 radical (unpaired) electrons. The Morgan fingerprint density at radius 1 is 1.08 bits per heavy atom. The van der Waals surface area contributed by atoms with Gasteiger partial charge in [0.05, 0.1) is 7.11 Å². The Labute approximate surface area is 148 Å². The first-order valence-electron chi connectivity index (χ1n) is 8.48. The standard InChI is InChI=1S/C18H23N3O3S/c1-24-16-7-5-15(6-8-16)13-19-18-10-9-17(14-20-18)25(22,23)21-11-3-2-4-12-21/h5-10,14H,2-4,11-13H2,1H3,(H,19,20)/p+1. The Bertz CT molecular complexity index is 783. The molecule has 0 saturated carbocycles. The SMILES string of the molecule is COc1ccc(CNc2ccc(S(=O)(=O)N3CCCCC3)c[nH+]2)cc1. The molecule has 2 aromatic rings. The molecule has 6 nitrogen and oxygen atoms in total. The molecule has 0 atom stereocenters. The molecule has 0 spiro atoms. The molecule has 134 valence electrons. The summed E-state index contributed by atoms with van der Waals surface area (Å²) in [6, 6.07) is 11.2. The number of aromatic nitrogens is 1. The fourth-order valence-electron chi connectivity index (χ4n) is 2.88. The number of sulfonamides is 1. The molecule has 1 aromatic heterocycles. The number of H-pyrrole nitrogens is 1. The van der Waals surface area contributed by atoms with Gasteiger partial charge in [-0.2, -0.15) is 4.31 Å². The van der Waals surface area contributed by atoms with Crippen molar-refractivity contribution in [1.29, 1.82) is 0 Å². The number of aromatic amines is 1. The molecule has 0 aliphatic carbocycles. The maximum absolute atomic E-state index is 12.6. The molecule has 2 heterocycles. The van der Waals surface area contributed by atoms with Crippen molar-refractivity contribution in [2.45, 2.75) is 30.7 Å². The van der Waals surface area contributed by atoms with E-state index < -0.39 is 10.0 Å². The molecule has 3 rings (SSSR count). The van der Waals surface area contributed by atoms with Crippen molar-refractivity contribution < 1.29 is 18.1 Å². The molecule has 1 aliphatic heterocycles. The number of hydrogen-bond donors (Lipinski definition) is 1. The third-order valence-corrected chi connectivity index (χ3v) is 6.27. The fourth-order valence-corrected chi connectivity index (χ4v) is 4.36. The molecule has 0 bridgehead atoms. The lowest BCUT2D eigenvalue weighted by Gasteiger charge is -2.25. The number of benzene rings is 1. The predicted octanol–water partition coefficient (Wildman–Crippen LogP) is 2.30. The number of nitrogens with one attached hydrogen (secondary N) is 2. The van der Waals surface area contributed by atoms with Crippen LogP contribution in [0.15, 0.2) is 47.5 Å². The number of piperidine rings is 1. The van der Waals surface area contributed by atoms with Crippen molar-refractivity contribution in [3.05, 3.63) is 48.2 Å². The van der Waals surface area contributed by atoms with Gasteiger partial charge in [0.1, 0.15) is 23.4 Å². The van der Waals surface area contributed by atoms with Gasteiger partial charge in [0.2, 0.25) is 10.0 Å². The summed E-state index contributed by atoms with van der Waals surface area (Å²) in [6.07, 6.45) is 4.53. The van der Waals surface area contributed by atoms with E-state index in [-0.39, 0.29) is 0 Å². The number of anilines is 1. The lowest BCUT2D eigenvalue weighted by atomic mass is 10.2. The highest BCUT2D eigenvalue weighted by Crippen LogP contribution is 2.20. The quantitative estimate of drug-likeness (QED) is 0.856. The third kappa shape index (κ3) is 4.29. The molecule has 1 aliphatic rings. The van der Waals surface area contributed by atoms with Gasteiger partial charge in [-0.05, 0) is 36.6 Å². The summed E-state index contributed by atoms with van der Waals surface area (Å²) in [5, 5.41) is 3.25. The molecule has 1 fully saturated rings. The highest BCUT2D eigenvalue weighted by molar-refractivity contribution is 7.89. The van der Waals surface area contributed by atoms with Crippen LogP contribution in [0.4, 0.5) is 5.82 Å². The highest BCUT2D eigenvalue weighted by atomic mass is 32.2. The van der Waals surface area contributed by atoms with E-state index in [0.717, 1.165) is 36.4 Å². The topological polar surface area (TPSA) is 72.8 Å². The summed E-state index contributed by atoms with van der Waals surface area (Å²) in [4.78, 5) is 3.34. The fraction of sp³-hybridized carbons (Fsp3) is 0.389. The van der Waals surface area contributed by atoms with Crippen LogP contribution < -0.4 is 15.0 Å². The van der Waals surface area contributed by atoms with Crippen LogP contribution in [-0.2, 0) is 16.6 Å². The van der Waals surface area contributed by atoms with Crippen LogP contribution in [0.5, 0.6) is 5.75 Å². The number of hydrogen-bond acceptors (Lipinski definition) is 4. The van der Waals surface area contributed by atoms with E-state index >= 15 is 0 Å². The number of ether oxygens (including phenoxy) is 1. The summed E-state index contributed by atoms with van der Waals surface area (Å²) in [5.74, 6) is 1.59. The van der Waals surface area contributed by atoms with E-state index in [0.29, 0.717) is 24.5 Å². The average molecular weight is 362 g/mol.